The van der Waals surface area contributed by atoms with Gasteiger partial charge in [-0.15, -0.1) is 0 Å². The quantitative estimate of drug-likeness (QED) is 0.477. The van der Waals surface area contributed by atoms with Crippen molar-refractivity contribution in [2.24, 2.45) is 0 Å². The van der Waals surface area contributed by atoms with E-state index in [1.54, 1.807) is 37.3 Å². The van der Waals surface area contributed by atoms with E-state index in [-0.39, 0.29) is 5.70 Å². The Labute approximate surface area is 137 Å². The van der Waals surface area contributed by atoms with Crippen LogP contribution in [0.1, 0.15) is 12.7 Å². The van der Waals surface area contributed by atoms with Gasteiger partial charge in [-0.2, -0.15) is 0 Å². The van der Waals surface area contributed by atoms with Crippen LogP contribution in [0.3, 0.4) is 0 Å². The van der Waals surface area contributed by atoms with Crippen molar-refractivity contribution in [3.63, 3.8) is 0 Å². The predicted octanol–water partition coefficient (Wildman–Crippen LogP) is 3.32. The summed E-state index contributed by atoms with van der Waals surface area (Å²) in [6.07, 6.45) is 7.68. The second kappa shape index (κ2) is 8.84. The van der Waals surface area contributed by atoms with E-state index in [9.17, 15) is 9.59 Å². The Morgan fingerprint density at radius 3 is 2.64 bits per heavy atom. The molecule has 6 heteroatoms. The fraction of sp³-hybridized carbons (Fsp3) is 0.125. The van der Waals surface area contributed by atoms with E-state index in [4.69, 9.17) is 4.42 Å². The lowest BCUT2D eigenvalue weighted by molar-refractivity contribution is -0.137. The zero-order chi connectivity index (χ0) is 16.5. The highest BCUT2D eigenvalue weighted by Crippen LogP contribution is 2.10. The van der Waals surface area contributed by atoms with Crippen LogP contribution in [0, 0.1) is 0 Å². The number of nitrogens with one attached hydrogen (secondary N) is 1. The van der Waals surface area contributed by atoms with Crippen LogP contribution in [0.5, 0.6) is 0 Å². The number of carbonyl (C=O) groups excluding carboxylic acids is 2. The highest BCUT2D eigenvalue weighted by molar-refractivity contribution is 9.11. The SMILES string of the molecule is C=C(Br)/C=C\C(=C/C)C(=O)N/C(=C/c1ccco1)C(=O)OC. The van der Waals surface area contributed by atoms with Crippen molar-refractivity contribution < 1.29 is 18.7 Å². The van der Waals surface area contributed by atoms with Crippen LogP contribution in [-0.4, -0.2) is 19.0 Å². The second-order valence-electron chi connectivity index (χ2n) is 4.04. The van der Waals surface area contributed by atoms with Crippen LogP contribution in [0.4, 0.5) is 0 Å². The lowest BCUT2D eigenvalue weighted by atomic mass is 10.2. The molecule has 1 rings (SSSR count). The fourth-order valence-corrected chi connectivity index (χ4v) is 1.58. The van der Waals surface area contributed by atoms with Crippen molar-refractivity contribution in [1.29, 1.82) is 0 Å². The smallest absolute Gasteiger partial charge is 0.354 e. The molecule has 0 aliphatic rings. The molecule has 5 nitrogen and oxygen atoms in total. The van der Waals surface area contributed by atoms with Crippen LogP contribution in [0.25, 0.3) is 6.08 Å². The number of rotatable bonds is 6. The summed E-state index contributed by atoms with van der Waals surface area (Å²) in [5.41, 5.74) is 0.350. The Bertz CT molecular complexity index is 639. The van der Waals surface area contributed by atoms with Crippen LogP contribution in [-0.2, 0) is 14.3 Å². The summed E-state index contributed by atoms with van der Waals surface area (Å²) in [5, 5.41) is 2.50. The summed E-state index contributed by atoms with van der Waals surface area (Å²) >= 11 is 3.17. The summed E-state index contributed by atoms with van der Waals surface area (Å²) in [7, 11) is 1.23. The number of hydrogen-bond donors (Lipinski definition) is 1. The third kappa shape index (κ3) is 5.57. The molecule has 0 bridgehead atoms. The molecular formula is C16H16BrNO4. The van der Waals surface area contributed by atoms with Gasteiger partial charge in [0.2, 0.25) is 0 Å². The average molecular weight is 366 g/mol. The van der Waals surface area contributed by atoms with E-state index in [0.717, 1.165) is 0 Å². The normalized spacial score (nSPS) is 12.3. The summed E-state index contributed by atoms with van der Waals surface area (Å²) < 4.78 is 10.4. The molecular weight excluding hydrogens is 350 g/mol. The van der Waals surface area contributed by atoms with Crippen LogP contribution in [0.2, 0.25) is 0 Å². The first-order valence-electron chi connectivity index (χ1n) is 6.31. The number of carbonyl (C=O) groups is 2. The molecule has 1 aromatic heterocycles. The second-order valence-corrected chi connectivity index (χ2v) is 5.06. The average Bonchev–Trinajstić information content (AvgIpc) is 2.99. The fourth-order valence-electron chi connectivity index (χ4n) is 1.45. The van der Waals surface area contributed by atoms with E-state index in [0.29, 0.717) is 15.8 Å². The van der Waals surface area contributed by atoms with Crippen molar-refractivity contribution in [2.45, 2.75) is 6.92 Å². The molecule has 1 aromatic rings. The molecule has 1 amide bonds. The maximum atomic E-state index is 12.2. The van der Waals surface area contributed by atoms with Crippen molar-refractivity contribution in [2.75, 3.05) is 7.11 Å². The Balaban J connectivity index is 2.97. The number of halogens is 1. The standard InChI is InChI=1S/C16H16BrNO4/c1-4-12(8-7-11(2)17)15(19)18-14(16(20)21-3)10-13-6-5-9-22-13/h4-10H,2H2,1,3H3,(H,18,19)/b8-7-,12-4+,14-10+. The monoisotopic (exact) mass is 365 g/mol. The minimum atomic E-state index is -0.672. The maximum Gasteiger partial charge on any atom is 0.354 e. The van der Waals surface area contributed by atoms with Crippen molar-refractivity contribution in [3.8, 4) is 0 Å². The summed E-state index contributed by atoms with van der Waals surface area (Å²) in [4.78, 5) is 23.9. The van der Waals surface area contributed by atoms with Crippen LogP contribution in [0.15, 0.2) is 63.4 Å². The van der Waals surface area contributed by atoms with Gasteiger partial charge in [0.25, 0.3) is 5.91 Å². The molecule has 0 unspecified atom stereocenters. The van der Waals surface area contributed by atoms with Gasteiger partial charge in [-0.25, -0.2) is 4.79 Å². The molecule has 0 saturated carbocycles. The number of esters is 1. The summed E-state index contributed by atoms with van der Waals surface area (Å²) in [6, 6.07) is 3.32. The van der Waals surface area contributed by atoms with Crippen LogP contribution >= 0.6 is 15.9 Å². The number of furan rings is 1. The molecule has 0 aliphatic heterocycles. The van der Waals surface area contributed by atoms with Gasteiger partial charge in [0.05, 0.1) is 13.4 Å². The molecule has 0 aromatic carbocycles. The van der Waals surface area contributed by atoms with Gasteiger partial charge in [0.1, 0.15) is 11.5 Å². The third-order valence-corrected chi connectivity index (χ3v) is 2.76. The van der Waals surface area contributed by atoms with Crippen molar-refractivity contribution in [1.82, 2.24) is 5.32 Å². The highest BCUT2D eigenvalue weighted by atomic mass is 79.9. The van der Waals surface area contributed by atoms with Gasteiger partial charge in [-0.1, -0.05) is 28.6 Å². The van der Waals surface area contributed by atoms with E-state index < -0.39 is 11.9 Å². The van der Waals surface area contributed by atoms with Gasteiger partial charge >= 0.3 is 5.97 Å². The molecule has 0 aliphatic carbocycles. The van der Waals surface area contributed by atoms with Gasteiger partial charge < -0.3 is 14.5 Å². The number of allylic oxidation sites excluding steroid dienone is 3. The summed E-state index contributed by atoms with van der Waals surface area (Å²) in [6.45, 7) is 5.36. The Morgan fingerprint density at radius 2 is 2.14 bits per heavy atom. The van der Waals surface area contributed by atoms with Gasteiger partial charge in [-0.3, -0.25) is 4.79 Å². The maximum absolute atomic E-state index is 12.2. The number of amides is 1. The Morgan fingerprint density at radius 1 is 1.41 bits per heavy atom. The third-order valence-electron chi connectivity index (χ3n) is 2.50. The van der Waals surface area contributed by atoms with Crippen molar-refractivity contribution >= 4 is 33.9 Å². The Kier molecular flexibility index (Phi) is 7.12. The molecule has 0 saturated heterocycles. The Hall–Kier alpha value is -2.34. The molecule has 1 N–H and O–H groups in total. The van der Waals surface area contributed by atoms with Gasteiger partial charge in [0.15, 0.2) is 0 Å². The first kappa shape index (κ1) is 17.7. The topological polar surface area (TPSA) is 68.5 Å². The van der Waals surface area contributed by atoms with Crippen molar-refractivity contribution in [3.05, 3.63) is 64.7 Å². The molecule has 0 fully saturated rings. The van der Waals surface area contributed by atoms with E-state index >= 15 is 0 Å². The molecule has 0 atom stereocenters. The molecule has 116 valence electrons. The molecule has 0 radical (unpaired) electrons. The number of ether oxygens (including phenoxy) is 1. The molecule has 1 heterocycles. The minimum Gasteiger partial charge on any atom is -0.465 e. The van der Waals surface area contributed by atoms with E-state index in [1.807, 2.05) is 0 Å². The largest absolute Gasteiger partial charge is 0.465 e. The van der Waals surface area contributed by atoms with Gasteiger partial charge in [0, 0.05) is 16.1 Å². The number of methoxy groups -OCH3 is 1. The lowest BCUT2D eigenvalue weighted by Gasteiger charge is -2.08. The van der Waals surface area contributed by atoms with Gasteiger partial charge in [-0.05, 0) is 31.2 Å². The highest BCUT2D eigenvalue weighted by Gasteiger charge is 2.15. The van der Waals surface area contributed by atoms with E-state index in [2.05, 4.69) is 32.6 Å². The zero-order valence-electron chi connectivity index (χ0n) is 12.3. The first-order valence-corrected chi connectivity index (χ1v) is 7.11. The predicted molar refractivity (Wildman–Crippen MR) is 87.8 cm³/mol. The lowest BCUT2D eigenvalue weighted by Crippen LogP contribution is -2.28. The molecule has 22 heavy (non-hydrogen) atoms. The zero-order valence-corrected chi connectivity index (χ0v) is 13.8. The van der Waals surface area contributed by atoms with E-state index in [1.165, 1.54) is 19.4 Å². The summed E-state index contributed by atoms with van der Waals surface area (Å²) in [5.74, 6) is -0.697. The number of hydrogen-bond acceptors (Lipinski definition) is 4. The van der Waals surface area contributed by atoms with Crippen LogP contribution < -0.4 is 5.32 Å². The minimum absolute atomic E-state index is 0.0205. The first-order chi connectivity index (χ1) is 10.5. The molecule has 0 spiro atoms.